The summed E-state index contributed by atoms with van der Waals surface area (Å²) < 4.78 is 31.5. The summed E-state index contributed by atoms with van der Waals surface area (Å²) in [5.74, 6) is 1.18. The summed E-state index contributed by atoms with van der Waals surface area (Å²) in [6.45, 7) is 24.4. The smallest absolute Gasteiger partial charge is 0.0780 e. The van der Waals surface area contributed by atoms with Crippen LogP contribution in [0.25, 0.3) is 0 Å². The van der Waals surface area contributed by atoms with Crippen LogP contribution in [0.15, 0.2) is 0 Å². The Bertz CT molecular complexity index is 348. The average Bonchev–Trinajstić information content (AvgIpc) is 2.75. The zero-order chi connectivity index (χ0) is 26.6. The fraction of sp³-hybridized carbons (Fsp3) is 1.00. The zero-order valence-corrected chi connectivity index (χ0v) is 23.6. The molecule has 0 saturated heterocycles. The van der Waals surface area contributed by atoms with Gasteiger partial charge in [-0.3, -0.25) is 0 Å². The van der Waals surface area contributed by atoms with E-state index in [0.29, 0.717) is 71.2 Å². The Kier molecular flexibility index (Phi) is 34.4. The zero-order valence-electron chi connectivity index (χ0n) is 23.6. The molecule has 0 rings (SSSR count). The summed E-state index contributed by atoms with van der Waals surface area (Å²) in [6, 6.07) is 0.261. The molecule has 3 atom stereocenters. The van der Waals surface area contributed by atoms with Crippen LogP contribution < -0.4 is 17.2 Å². The quantitative estimate of drug-likeness (QED) is 0.217. The lowest BCUT2D eigenvalue weighted by Crippen LogP contribution is -2.24. The van der Waals surface area contributed by atoms with Gasteiger partial charge in [0.1, 0.15) is 0 Å². The van der Waals surface area contributed by atoms with Crippen molar-refractivity contribution in [1.82, 2.24) is 0 Å². The lowest BCUT2D eigenvalue weighted by Gasteiger charge is -2.15. The van der Waals surface area contributed by atoms with Gasteiger partial charge in [0.05, 0.1) is 59.0 Å². The van der Waals surface area contributed by atoms with Crippen molar-refractivity contribution >= 4 is 0 Å². The molecule has 9 nitrogen and oxygen atoms in total. The van der Waals surface area contributed by atoms with Crippen molar-refractivity contribution in [2.45, 2.75) is 73.6 Å². The number of hydrogen-bond acceptors (Lipinski definition) is 9. The fourth-order valence-corrected chi connectivity index (χ4v) is 1.98. The first-order chi connectivity index (χ1) is 16.1. The summed E-state index contributed by atoms with van der Waals surface area (Å²) >= 11 is 0. The first-order valence-electron chi connectivity index (χ1n) is 12.8. The summed E-state index contributed by atoms with van der Waals surface area (Å²) in [5.41, 5.74) is 16.2. The van der Waals surface area contributed by atoms with E-state index in [1.165, 1.54) is 0 Å². The topological polar surface area (TPSA) is 133 Å². The number of nitrogens with two attached hydrogens (primary N) is 3. The van der Waals surface area contributed by atoms with E-state index in [1.54, 1.807) is 0 Å². The Labute approximate surface area is 210 Å². The van der Waals surface area contributed by atoms with Gasteiger partial charge in [0.2, 0.25) is 0 Å². The highest BCUT2D eigenvalue weighted by atomic mass is 16.5. The van der Waals surface area contributed by atoms with Crippen molar-refractivity contribution in [3.8, 4) is 0 Å². The summed E-state index contributed by atoms with van der Waals surface area (Å²) in [5, 5.41) is 0. The molecule has 0 radical (unpaired) electrons. The number of hydrogen-bond donors (Lipinski definition) is 3. The molecule has 0 spiro atoms. The Balaban J connectivity index is -0.000000457. The summed E-state index contributed by atoms with van der Waals surface area (Å²) in [4.78, 5) is 0. The molecule has 3 unspecified atom stereocenters. The third-order valence-electron chi connectivity index (χ3n) is 3.49. The molecule has 0 fully saturated rings. The van der Waals surface area contributed by atoms with E-state index in [0.717, 1.165) is 19.8 Å². The average molecular weight is 498 g/mol. The second-order valence-corrected chi connectivity index (χ2v) is 9.17. The van der Waals surface area contributed by atoms with Crippen molar-refractivity contribution in [3.63, 3.8) is 0 Å². The summed E-state index contributed by atoms with van der Waals surface area (Å²) in [6.07, 6.45) is 0.149. The Hall–Kier alpha value is -0.360. The van der Waals surface area contributed by atoms with Crippen LogP contribution in [-0.2, 0) is 28.4 Å². The van der Waals surface area contributed by atoms with Crippen LogP contribution in [0.1, 0.15) is 55.4 Å². The van der Waals surface area contributed by atoms with Crippen molar-refractivity contribution in [1.29, 1.82) is 0 Å². The largest absolute Gasteiger partial charge is 0.380 e. The van der Waals surface area contributed by atoms with Gasteiger partial charge in [0, 0.05) is 38.4 Å². The first-order valence-corrected chi connectivity index (χ1v) is 12.8. The van der Waals surface area contributed by atoms with Gasteiger partial charge in [-0.1, -0.05) is 27.7 Å². The lowest BCUT2D eigenvalue weighted by molar-refractivity contribution is -0.0307. The molecule has 34 heavy (non-hydrogen) atoms. The molecule has 0 aliphatic rings. The van der Waals surface area contributed by atoms with Crippen LogP contribution in [0.4, 0.5) is 0 Å². The van der Waals surface area contributed by atoms with Crippen molar-refractivity contribution in [3.05, 3.63) is 0 Å². The standard InChI is InChI=1S/C12H27NO3.C7H17NO.C6H15NO2/c1-10(2)7-16-12(4)9-15-6-5-14-8-11(3)13;1-6(2)4-9-5-7(3)8;1-2-8-5-6-9-4-3-7/h10-12H,5-9,13H2,1-4H3;6-7H,4-5,8H2,1-3H3;2-7H2,1H3. The molecule has 0 aliphatic carbocycles. The highest BCUT2D eigenvalue weighted by Crippen LogP contribution is 1.98. The summed E-state index contributed by atoms with van der Waals surface area (Å²) in [7, 11) is 0. The second kappa shape index (κ2) is 30.7. The van der Waals surface area contributed by atoms with E-state index in [4.69, 9.17) is 45.6 Å². The minimum Gasteiger partial charge on any atom is -0.380 e. The molecule has 0 heterocycles. The third-order valence-corrected chi connectivity index (χ3v) is 3.49. The monoisotopic (exact) mass is 497 g/mol. The van der Waals surface area contributed by atoms with Crippen molar-refractivity contribution < 1.29 is 28.4 Å². The minimum atomic E-state index is 0.0910. The van der Waals surface area contributed by atoms with Crippen LogP contribution in [0, 0.1) is 11.8 Å². The number of rotatable bonds is 20. The van der Waals surface area contributed by atoms with E-state index < -0.39 is 0 Å². The fourth-order valence-electron chi connectivity index (χ4n) is 1.98. The van der Waals surface area contributed by atoms with E-state index in [1.807, 2.05) is 27.7 Å². The van der Waals surface area contributed by atoms with E-state index in [-0.39, 0.29) is 18.2 Å². The predicted molar refractivity (Wildman–Crippen MR) is 141 cm³/mol. The van der Waals surface area contributed by atoms with E-state index in [2.05, 4.69) is 27.7 Å². The van der Waals surface area contributed by atoms with Crippen molar-refractivity contribution in [2.75, 3.05) is 79.2 Å². The molecule has 0 aliphatic heterocycles. The molecule has 0 bridgehead atoms. The van der Waals surface area contributed by atoms with Gasteiger partial charge in [-0.2, -0.15) is 0 Å². The normalized spacial score (nSPS) is 13.7. The third kappa shape index (κ3) is 45.2. The molecule has 0 saturated carbocycles. The molecule has 6 N–H and O–H groups in total. The Morgan fingerprint density at radius 1 is 0.529 bits per heavy atom. The van der Waals surface area contributed by atoms with Crippen LogP contribution in [0.5, 0.6) is 0 Å². The van der Waals surface area contributed by atoms with E-state index in [9.17, 15) is 0 Å². The SMILES string of the molecule is CC(C)COC(C)COCCOCC(C)N.CC(C)COCC(C)N.CCOCCOCCN. The molecule has 9 heteroatoms. The van der Waals surface area contributed by atoms with Gasteiger partial charge in [-0.25, -0.2) is 0 Å². The van der Waals surface area contributed by atoms with Crippen LogP contribution >= 0.6 is 0 Å². The molecule has 0 aromatic heterocycles. The molecule has 210 valence electrons. The molecular formula is C25H59N3O6. The van der Waals surface area contributed by atoms with Gasteiger partial charge in [0.15, 0.2) is 0 Å². The van der Waals surface area contributed by atoms with Crippen LogP contribution in [-0.4, -0.2) is 97.4 Å². The highest BCUT2D eigenvalue weighted by molar-refractivity contribution is 4.51. The minimum absolute atomic E-state index is 0.0910. The molecule has 0 aromatic rings. The van der Waals surface area contributed by atoms with Gasteiger partial charge < -0.3 is 45.6 Å². The van der Waals surface area contributed by atoms with Gasteiger partial charge in [-0.05, 0) is 39.5 Å². The Morgan fingerprint density at radius 2 is 1.00 bits per heavy atom. The molecule has 0 amide bonds. The maximum absolute atomic E-state index is 5.56. The van der Waals surface area contributed by atoms with Crippen LogP contribution in [0.3, 0.4) is 0 Å². The van der Waals surface area contributed by atoms with Gasteiger partial charge in [0.25, 0.3) is 0 Å². The maximum atomic E-state index is 5.56. The first kappa shape index (κ1) is 38.2. The van der Waals surface area contributed by atoms with Gasteiger partial charge in [-0.15, -0.1) is 0 Å². The van der Waals surface area contributed by atoms with E-state index >= 15 is 0 Å². The lowest BCUT2D eigenvalue weighted by atomic mass is 10.2. The molecule has 0 aromatic carbocycles. The maximum Gasteiger partial charge on any atom is 0.0780 e. The van der Waals surface area contributed by atoms with Crippen LogP contribution in [0.2, 0.25) is 0 Å². The predicted octanol–water partition coefficient (Wildman–Crippen LogP) is 2.43. The number of ether oxygens (including phenoxy) is 6. The Morgan fingerprint density at radius 3 is 1.47 bits per heavy atom. The molecular weight excluding hydrogens is 438 g/mol. The van der Waals surface area contributed by atoms with Gasteiger partial charge >= 0.3 is 0 Å². The highest BCUT2D eigenvalue weighted by Gasteiger charge is 2.03. The van der Waals surface area contributed by atoms with Crippen molar-refractivity contribution in [2.24, 2.45) is 29.0 Å². The second-order valence-electron chi connectivity index (χ2n) is 9.17.